The first-order valence-corrected chi connectivity index (χ1v) is 10.8. The van der Waals surface area contributed by atoms with Crippen LogP contribution in [-0.4, -0.2) is 56.5 Å². The van der Waals surface area contributed by atoms with Gasteiger partial charge in [-0.05, 0) is 51.1 Å². The average molecular weight is 419 g/mol. The number of rotatable bonds is 7. The van der Waals surface area contributed by atoms with Gasteiger partial charge in [0.25, 0.3) is 0 Å². The summed E-state index contributed by atoms with van der Waals surface area (Å²) in [5.41, 5.74) is 0. The Balaban J connectivity index is 2.19. The van der Waals surface area contributed by atoms with E-state index < -0.39 is 10.0 Å². The minimum atomic E-state index is -3.54. The molecule has 0 bridgehead atoms. The summed E-state index contributed by atoms with van der Waals surface area (Å²) in [6.45, 7) is 9.73. The number of halogens is 1. The lowest BCUT2D eigenvalue weighted by molar-refractivity contribution is 0.152. The number of nitrogens with zero attached hydrogens (tertiary/aromatic N) is 2. The van der Waals surface area contributed by atoms with Crippen LogP contribution in [0.25, 0.3) is 0 Å². The Kier molecular flexibility index (Phi) is 7.10. The molecule has 0 saturated carbocycles. The summed E-state index contributed by atoms with van der Waals surface area (Å²) in [5.74, 6) is 0.423. The molecule has 0 amide bonds. The van der Waals surface area contributed by atoms with Gasteiger partial charge in [-0.15, -0.1) is 0 Å². The van der Waals surface area contributed by atoms with Crippen molar-refractivity contribution in [1.82, 2.24) is 9.21 Å². The van der Waals surface area contributed by atoms with Crippen molar-refractivity contribution in [2.45, 2.75) is 44.6 Å². The molecule has 0 N–H and O–H groups in total. The molecule has 1 aliphatic rings. The van der Waals surface area contributed by atoms with E-state index in [-0.39, 0.29) is 4.90 Å². The fourth-order valence-electron chi connectivity index (χ4n) is 3.29. The van der Waals surface area contributed by atoms with E-state index in [1.165, 1.54) is 0 Å². The fourth-order valence-corrected chi connectivity index (χ4v) is 5.42. The highest BCUT2D eigenvalue weighted by Gasteiger charge is 2.32. The third-order valence-electron chi connectivity index (χ3n) is 4.58. The number of benzene rings is 1. The van der Waals surface area contributed by atoms with Gasteiger partial charge < -0.3 is 9.64 Å². The number of piperidine rings is 1. The minimum absolute atomic E-state index is 0.250. The van der Waals surface area contributed by atoms with Crippen LogP contribution in [0.1, 0.15) is 33.6 Å². The molecular formula is C17H27BrN2O3S. The smallest absolute Gasteiger partial charge is 0.246 e. The van der Waals surface area contributed by atoms with Crippen LogP contribution >= 0.6 is 15.9 Å². The van der Waals surface area contributed by atoms with E-state index in [9.17, 15) is 8.42 Å². The second-order valence-corrected chi connectivity index (χ2v) is 8.70. The van der Waals surface area contributed by atoms with Gasteiger partial charge in [0, 0.05) is 23.6 Å². The molecule has 1 aliphatic heterocycles. The molecule has 1 saturated heterocycles. The molecule has 0 spiro atoms. The quantitative estimate of drug-likeness (QED) is 0.680. The summed E-state index contributed by atoms with van der Waals surface area (Å²) in [5, 5.41) is 0. The minimum Gasteiger partial charge on any atom is -0.492 e. The molecule has 0 atom stereocenters. The molecule has 24 heavy (non-hydrogen) atoms. The van der Waals surface area contributed by atoms with E-state index in [0.717, 1.165) is 30.4 Å². The van der Waals surface area contributed by atoms with Gasteiger partial charge in [0.1, 0.15) is 10.6 Å². The van der Waals surface area contributed by atoms with Crippen molar-refractivity contribution in [3.05, 3.63) is 22.7 Å². The maximum absolute atomic E-state index is 13.1. The van der Waals surface area contributed by atoms with Crippen molar-refractivity contribution in [2.75, 3.05) is 32.8 Å². The summed E-state index contributed by atoms with van der Waals surface area (Å²) in [6, 6.07) is 5.62. The van der Waals surface area contributed by atoms with Crippen molar-refractivity contribution in [3.63, 3.8) is 0 Å². The third kappa shape index (κ3) is 4.31. The van der Waals surface area contributed by atoms with E-state index in [1.54, 1.807) is 22.5 Å². The number of ether oxygens (including phenoxy) is 1. The second-order valence-electron chi connectivity index (χ2n) is 5.88. The van der Waals surface area contributed by atoms with Crippen molar-refractivity contribution in [1.29, 1.82) is 0 Å². The van der Waals surface area contributed by atoms with Gasteiger partial charge in [0.05, 0.1) is 6.61 Å². The first kappa shape index (κ1) is 19.7. The molecule has 7 heteroatoms. The summed E-state index contributed by atoms with van der Waals surface area (Å²) < 4.78 is 34.0. The van der Waals surface area contributed by atoms with Crippen LogP contribution in [0.2, 0.25) is 0 Å². The zero-order chi connectivity index (χ0) is 17.7. The fraction of sp³-hybridized carbons (Fsp3) is 0.647. The number of hydrogen-bond acceptors (Lipinski definition) is 4. The molecular weight excluding hydrogens is 392 g/mol. The maximum atomic E-state index is 13.1. The van der Waals surface area contributed by atoms with Gasteiger partial charge in [-0.2, -0.15) is 4.31 Å². The Hall–Kier alpha value is -0.630. The van der Waals surface area contributed by atoms with E-state index >= 15 is 0 Å². The van der Waals surface area contributed by atoms with Crippen molar-refractivity contribution >= 4 is 26.0 Å². The molecule has 0 aromatic heterocycles. The van der Waals surface area contributed by atoms with Crippen LogP contribution in [0.3, 0.4) is 0 Å². The molecule has 0 unspecified atom stereocenters. The molecule has 1 aromatic rings. The Morgan fingerprint density at radius 1 is 1.21 bits per heavy atom. The van der Waals surface area contributed by atoms with Crippen LogP contribution in [0.4, 0.5) is 0 Å². The van der Waals surface area contributed by atoms with Crippen LogP contribution < -0.4 is 4.74 Å². The molecule has 2 rings (SSSR count). The largest absolute Gasteiger partial charge is 0.492 e. The lowest BCUT2D eigenvalue weighted by Gasteiger charge is -2.37. The predicted molar refractivity (Wildman–Crippen MR) is 100 cm³/mol. The summed E-state index contributed by atoms with van der Waals surface area (Å²) in [6.07, 6.45) is 1.75. The van der Waals surface area contributed by atoms with Crippen molar-refractivity contribution in [2.24, 2.45) is 0 Å². The second kappa shape index (κ2) is 8.65. The average Bonchev–Trinajstić information content (AvgIpc) is 2.58. The Bertz CT molecular complexity index is 639. The van der Waals surface area contributed by atoms with Crippen LogP contribution in [-0.2, 0) is 10.0 Å². The highest BCUT2D eigenvalue weighted by Crippen LogP contribution is 2.31. The van der Waals surface area contributed by atoms with Crippen molar-refractivity contribution < 1.29 is 13.2 Å². The molecule has 1 aromatic carbocycles. The van der Waals surface area contributed by atoms with E-state index in [4.69, 9.17) is 4.74 Å². The Morgan fingerprint density at radius 3 is 2.38 bits per heavy atom. The Morgan fingerprint density at radius 2 is 1.83 bits per heavy atom. The first-order chi connectivity index (χ1) is 11.4. The molecule has 5 nitrogen and oxygen atoms in total. The topological polar surface area (TPSA) is 49.9 Å². The lowest BCUT2D eigenvalue weighted by atomic mass is 10.1. The highest BCUT2D eigenvalue weighted by molar-refractivity contribution is 9.10. The van der Waals surface area contributed by atoms with Crippen molar-refractivity contribution in [3.8, 4) is 5.75 Å². The van der Waals surface area contributed by atoms with Gasteiger partial charge in [-0.1, -0.05) is 29.8 Å². The predicted octanol–water partition coefficient (Wildman–Crippen LogP) is 3.34. The van der Waals surface area contributed by atoms with Gasteiger partial charge >= 0.3 is 0 Å². The third-order valence-corrected chi connectivity index (χ3v) is 6.99. The van der Waals surface area contributed by atoms with Crippen LogP contribution in [0.5, 0.6) is 5.75 Å². The van der Waals surface area contributed by atoms with Gasteiger partial charge in [0.15, 0.2) is 0 Å². The lowest BCUT2D eigenvalue weighted by Crippen LogP contribution is -2.46. The first-order valence-electron chi connectivity index (χ1n) is 8.60. The van der Waals surface area contributed by atoms with Gasteiger partial charge in [0.2, 0.25) is 10.0 Å². The van der Waals surface area contributed by atoms with Crippen LogP contribution in [0, 0.1) is 0 Å². The summed E-state index contributed by atoms with van der Waals surface area (Å²) in [7, 11) is -3.54. The van der Waals surface area contributed by atoms with Crippen LogP contribution in [0.15, 0.2) is 27.6 Å². The molecule has 0 radical (unpaired) electrons. The maximum Gasteiger partial charge on any atom is 0.246 e. The highest BCUT2D eigenvalue weighted by atomic mass is 79.9. The summed E-state index contributed by atoms with van der Waals surface area (Å²) in [4.78, 5) is 2.66. The van der Waals surface area contributed by atoms with Gasteiger partial charge in [-0.3, -0.25) is 0 Å². The Labute approximate surface area is 154 Å². The standard InChI is InChI=1S/C17H27BrN2O3S/c1-4-19(5-2)15-9-11-20(12-10-15)24(21,22)17-13-14(18)7-8-16(17)23-6-3/h7-8,13,15H,4-6,9-12H2,1-3H3. The summed E-state index contributed by atoms with van der Waals surface area (Å²) >= 11 is 3.37. The van der Waals surface area contributed by atoms with E-state index in [1.807, 2.05) is 6.92 Å². The normalized spacial score (nSPS) is 17.4. The molecule has 136 valence electrons. The zero-order valence-corrected chi connectivity index (χ0v) is 17.1. The van der Waals surface area contributed by atoms with Gasteiger partial charge in [-0.25, -0.2) is 8.42 Å². The van der Waals surface area contributed by atoms with E-state index in [0.29, 0.717) is 31.5 Å². The molecule has 0 aliphatic carbocycles. The molecule has 1 heterocycles. The van der Waals surface area contributed by atoms with E-state index in [2.05, 4.69) is 34.7 Å². The molecule has 1 fully saturated rings. The SMILES string of the molecule is CCOc1ccc(Br)cc1S(=O)(=O)N1CCC(N(CC)CC)CC1. The number of sulfonamides is 1. The monoisotopic (exact) mass is 418 g/mol. The zero-order valence-electron chi connectivity index (χ0n) is 14.7. The number of hydrogen-bond donors (Lipinski definition) is 0.